The molecule has 0 bridgehead atoms. The second-order valence-electron chi connectivity index (χ2n) is 4.35. The van der Waals surface area contributed by atoms with Crippen molar-refractivity contribution in [3.05, 3.63) is 29.1 Å². The number of aryl methyl sites for hydroxylation is 1. The second-order valence-corrected chi connectivity index (χ2v) is 4.35. The molecule has 2 nitrogen and oxygen atoms in total. The van der Waals surface area contributed by atoms with E-state index in [1.807, 2.05) is 13.8 Å². The van der Waals surface area contributed by atoms with Crippen LogP contribution in [0.1, 0.15) is 25.0 Å². The highest BCUT2D eigenvalue weighted by Crippen LogP contribution is 2.30. The van der Waals surface area contributed by atoms with Crippen molar-refractivity contribution in [3.63, 3.8) is 0 Å². The van der Waals surface area contributed by atoms with E-state index in [0.29, 0.717) is 5.56 Å². The maximum absolute atomic E-state index is 13.5. The lowest BCUT2D eigenvalue weighted by atomic mass is 9.84. The third-order valence-electron chi connectivity index (χ3n) is 2.62. The number of aliphatic hydroxyl groups is 1. The Labute approximate surface area is 89.7 Å². The van der Waals surface area contributed by atoms with E-state index in [0.717, 1.165) is 5.56 Å². The molecule has 1 aromatic carbocycles. The molecule has 0 aliphatic carbocycles. The zero-order valence-corrected chi connectivity index (χ0v) is 9.60. The van der Waals surface area contributed by atoms with Crippen LogP contribution < -0.4 is 4.74 Å². The SMILES string of the molecule is COc1cc(C(C)(C)CO)cc(C)c1F. The van der Waals surface area contributed by atoms with Gasteiger partial charge in [0.1, 0.15) is 0 Å². The van der Waals surface area contributed by atoms with Crippen molar-refractivity contribution in [1.29, 1.82) is 0 Å². The molecular formula is C12H17FO2. The number of methoxy groups -OCH3 is 1. The summed E-state index contributed by atoms with van der Waals surface area (Å²) in [4.78, 5) is 0. The molecule has 0 spiro atoms. The maximum Gasteiger partial charge on any atom is 0.167 e. The van der Waals surface area contributed by atoms with Crippen molar-refractivity contribution in [3.8, 4) is 5.75 Å². The Kier molecular flexibility index (Phi) is 3.35. The van der Waals surface area contributed by atoms with E-state index in [1.54, 1.807) is 19.1 Å². The van der Waals surface area contributed by atoms with Gasteiger partial charge < -0.3 is 9.84 Å². The Morgan fingerprint density at radius 3 is 2.47 bits per heavy atom. The monoisotopic (exact) mass is 212 g/mol. The first-order chi connectivity index (χ1) is 6.92. The molecular weight excluding hydrogens is 195 g/mol. The molecule has 0 saturated carbocycles. The molecule has 0 heterocycles. The molecule has 0 unspecified atom stereocenters. The number of rotatable bonds is 3. The summed E-state index contributed by atoms with van der Waals surface area (Å²) in [7, 11) is 1.44. The van der Waals surface area contributed by atoms with Gasteiger partial charge in [-0.2, -0.15) is 0 Å². The van der Waals surface area contributed by atoms with E-state index in [1.165, 1.54) is 7.11 Å². The van der Waals surface area contributed by atoms with Gasteiger partial charge in [-0.05, 0) is 24.1 Å². The summed E-state index contributed by atoms with van der Waals surface area (Å²) in [6.45, 7) is 5.51. The highest BCUT2D eigenvalue weighted by molar-refractivity contribution is 5.39. The lowest BCUT2D eigenvalue weighted by Crippen LogP contribution is -2.22. The lowest BCUT2D eigenvalue weighted by molar-refractivity contribution is 0.218. The Morgan fingerprint density at radius 1 is 1.40 bits per heavy atom. The Morgan fingerprint density at radius 2 is 2.00 bits per heavy atom. The highest BCUT2D eigenvalue weighted by atomic mass is 19.1. The van der Waals surface area contributed by atoms with Crippen molar-refractivity contribution in [1.82, 2.24) is 0 Å². The van der Waals surface area contributed by atoms with Gasteiger partial charge in [0, 0.05) is 5.41 Å². The van der Waals surface area contributed by atoms with Crippen LogP contribution in [0.2, 0.25) is 0 Å². The minimum absolute atomic E-state index is 0.0151. The summed E-state index contributed by atoms with van der Waals surface area (Å²) in [5, 5.41) is 9.24. The molecule has 0 atom stereocenters. The lowest BCUT2D eigenvalue weighted by Gasteiger charge is -2.23. The van der Waals surface area contributed by atoms with Crippen molar-refractivity contribution in [2.45, 2.75) is 26.2 Å². The molecule has 0 fully saturated rings. The fraction of sp³-hybridized carbons (Fsp3) is 0.500. The molecule has 0 aliphatic rings. The minimum Gasteiger partial charge on any atom is -0.494 e. The third kappa shape index (κ3) is 2.29. The second kappa shape index (κ2) is 4.19. The molecule has 0 aliphatic heterocycles. The van der Waals surface area contributed by atoms with Gasteiger partial charge >= 0.3 is 0 Å². The molecule has 1 rings (SSSR count). The number of hydrogen-bond donors (Lipinski definition) is 1. The third-order valence-corrected chi connectivity index (χ3v) is 2.62. The fourth-order valence-electron chi connectivity index (χ4n) is 1.37. The number of halogens is 1. The molecule has 3 heteroatoms. The van der Waals surface area contributed by atoms with Crippen molar-refractivity contribution in [2.24, 2.45) is 0 Å². The predicted octanol–water partition coefficient (Wildman–Crippen LogP) is 2.41. The summed E-state index contributed by atoms with van der Waals surface area (Å²) >= 11 is 0. The number of benzene rings is 1. The summed E-state index contributed by atoms with van der Waals surface area (Å²) in [5.41, 5.74) is 1.03. The van der Waals surface area contributed by atoms with Crippen LogP contribution in [0.5, 0.6) is 5.75 Å². The van der Waals surface area contributed by atoms with E-state index < -0.39 is 0 Å². The van der Waals surface area contributed by atoms with Crippen LogP contribution in [-0.2, 0) is 5.41 Å². The zero-order valence-electron chi connectivity index (χ0n) is 9.60. The summed E-state index contributed by atoms with van der Waals surface area (Å²) in [6, 6.07) is 3.38. The van der Waals surface area contributed by atoms with E-state index in [4.69, 9.17) is 4.74 Å². The number of hydrogen-bond acceptors (Lipinski definition) is 2. The van der Waals surface area contributed by atoms with Crippen LogP contribution in [0, 0.1) is 12.7 Å². The number of ether oxygens (including phenoxy) is 1. The molecule has 1 aromatic rings. The summed E-state index contributed by atoms with van der Waals surface area (Å²) in [5.74, 6) is -0.110. The van der Waals surface area contributed by atoms with Gasteiger partial charge in [0.15, 0.2) is 11.6 Å². The van der Waals surface area contributed by atoms with Crippen LogP contribution in [-0.4, -0.2) is 18.8 Å². The van der Waals surface area contributed by atoms with Crippen LogP contribution in [0.3, 0.4) is 0 Å². The van der Waals surface area contributed by atoms with Gasteiger partial charge in [-0.1, -0.05) is 19.9 Å². The first-order valence-electron chi connectivity index (χ1n) is 4.88. The molecule has 0 aromatic heterocycles. The zero-order chi connectivity index (χ0) is 11.6. The fourth-order valence-corrected chi connectivity index (χ4v) is 1.37. The smallest absolute Gasteiger partial charge is 0.167 e. The van der Waals surface area contributed by atoms with Crippen molar-refractivity contribution < 1.29 is 14.2 Å². The summed E-state index contributed by atoms with van der Waals surface area (Å²) in [6.07, 6.45) is 0. The molecule has 0 amide bonds. The molecule has 0 saturated heterocycles. The summed E-state index contributed by atoms with van der Waals surface area (Å²) < 4.78 is 18.4. The Bertz CT molecular complexity index is 359. The number of aliphatic hydroxyl groups excluding tert-OH is 1. The van der Waals surface area contributed by atoms with Gasteiger partial charge in [0.05, 0.1) is 13.7 Å². The van der Waals surface area contributed by atoms with Gasteiger partial charge in [-0.15, -0.1) is 0 Å². The molecule has 84 valence electrons. The minimum atomic E-state index is -0.383. The normalized spacial score (nSPS) is 11.6. The van der Waals surface area contributed by atoms with Crippen molar-refractivity contribution >= 4 is 0 Å². The van der Waals surface area contributed by atoms with Crippen LogP contribution in [0.15, 0.2) is 12.1 Å². The van der Waals surface area contributed by atoms with Gasteiger partial charge in [-0.3, -0.25) is 0 Å². The highest BCUT2D eigenvalue weighted by Gasteiger charge is 2.22. The van der Waals surface area contributed by atoms with Crippen LogP contribution >= 0.6 is 0 Å². The van der Waals surface area contributed by atoms with Crippen LogP contribution in [0.25, 0.3) is 0 Å². The first-order valence-corrected chi connectivity index (χ1v) is 4.88. The standard InChI is InChI=1S/C12H17FO2/c1-8-5-9(12(2,3)7-14)6-10(15-4)11(8)13/h5-6,14H,7H2,1-4H3. The Hall–Kier alpha value is -1.09. The predicted molar refractivity (Wildman–Crippen MR) is 57.8 cm³/mol. The quantitative estimate of drug-likeness (QED) is 0.833. The average Bonchev–Trinajstić information content (AvgIpc) is 2.21. The van der Waals surface area contributed by atoms with Gasteiger partial charge in [0.25, 0.3) is 0 Å². The largest absolute Gasteiger partial charge is 0.494 e. The Balaban J connectivity index is 3.28. The van der Waals surface area contributed by atoms with E-state index in [-0.39, 0.29) is 23.6 Å². The average molecular weight is 212 g/mol. The van der Waals surface area contributed by atoms with E-state index in [9.17, 15) is 9.50 Å². The topological polar surface area (TPSA) is 29.5 Å². The maximum atomic E-state index is 13.5. The molecule has 0 radical (unpaired) electrons. The molecule has 15 heavy (non-hydrogen) atoms. The van der Waals surface area contributed by atoms with Gasteiger partial charge in [-0.25, -0.2) is 4.39 Å². The van der Waals surface area contributed by atoms with Crippen molar-refractivity contribution in [2.75, 3.05) is 13.7 Å². The van der Waals surface area contributed by atoms with Crippen LogP contribution in [0.4, 0.5) is 4.39 Å². The molecule has 1 N–H and O–H groups in total. The first kappa shape index (κ1) is 12.0. The van der Waals surface area contributed by atoms with Gasteiger partial charge in [0.2, 0.25) is 0 Å². The van der Waals surface area contributed by atoms with E-state index in [2.05, 4.69) is 0 Å². The van der Waals surface area contributed by atoms with E-state index >= 15 is 0 Å².